The minimum Gasteiger partial charge on any atom is -0.493 e. The molecule has 1 spiro atoms. The molecule has 1 atom stereocenters. The summed E-state index contributed by atoms with van der Waals surface area (Å²) < 4.78 is 5.55. The highest BCUT2D eigenvalue weighted by atomic mass is 16.5. The van der Waals surface area contributed by atoms with Crippen LogP contribution < -0.4 is 10.1 Å². The van der Waals surface area contributed by atoms with Crippen LogP contribution in [-0.4, -0.2) is 47.1 Å². The summed E-state index contributed by atoms with van der Waals surface area (Å²) in [5.41, 5.74) is 1.31. The van der Waals surface area contributed by atoms with Gasteiger partial charge in [-0.2, -0.15) is 0 Å². The van der Waals surface area contributed by atoms with Gasteiger partial charge < -0.3 is 20.1 Å². The van der Waals surface area contributed by atoms with E-state index >= 15 is 0 Å². The minimum atomic E-state index is -1.21. The standard InChI is InChI=1S/C16H18N2O4/c19-12-4-6-16(17-12)8-18(9-16)15(21)13(20)11-3-1-2-10-5-7-22-14(10)11/h1-3,13,20H,4-9H2,(H,17,19). The Morgan fingerprint density at radius 1 is 1.36 bits per heavy atom. The third-order valence-corrected chi connectivity index (χ3v) is 4.81. The first-order valence-corrected chi connectivity index (χ1v) is 7.60. The van der Waals surface area contributed by atoms with Crippen molar-refractivity contribution in [2.75, 3.05) is 19.7 Å². The number of carbonyl (C=O) groups excluding carboxylic acids is 2. The zero-order valence-electron chi connectivity index (χ0n) is 12.2. The smallest absolute Gasteiger partial charge is 0.256 e. The van der Waals surface area contributed by atoms with Gasteiger partial charge >= 0.3 is 0 Å². The Hall–Kier alpha value is -2.08. The molecule has 2 N–H and O–H groups in total. The number of aliphatic hydroxyl groups excluding tert-OH is 1. The normalized spacial score (nSPS) is 22.8. The van der Waals surface area contributed by atoms with Gasteiger partial charge in [0.1, 0.15) is 5.75 Å². The van der Waals surface area contributed by atoms with Crippen LogP contribution in [0.4, 0.5) is 0 Å². The lowest BCUT2D eigenvalue weighted by atomic mass is 9.87. The molecule has 0 saturated carbocycles. The van der Waals surface area contributed by atoms with E-state index in [0.29, 0.717) is 37.4 Å². The molecule has 22 heavy (non-hydrogen) atoms. The summed E-state index contributed by atoms with van der Waals surface area (Å²) >= 11 is 0. The van der Waals surface area contributed by atoms with Gasteiger partial charge in [0.15, 0.2) is 6.10 Å². The number of nitrogens with one attached hydrogen (secondary N) is 1. The fraction of sp³-hybridized carbons (Fsp3) is 0.500. The highest BCUT2D eigenvalue weighted by Gasteiger charge is 2.50. The molecule has 1 aromatic carbocycles. The van der Waals surface area contributed by atoms with Gasteiger partial charge in [0, 0.05) is 31.5 Å². The Kier molecular flexibility index (Phi) is 2.91. The number of hydrogen-bond acceptors (Lipinski definition) is 4. The number of carbonyl (C=O) groups is 2. The van der Waals surface area contributed by atoms with E-state index in [9.17, 15) is 14.7 Å². The summed E-state index contributed by atoms with van der Waals surface area (Å²) in [6.45, 7) is 1.54. The molecule has 3 heterocycles. The minimum absolute atomic E-state index is 0.0435. The number of hydrogen-bond donors (Lipinski definition) is 2. The Balaban J connectivity index is 1.48. The van der Waals surface area contributed by atoms with Crippen LogP contribution in [0.3, 0.4) is 0 Å². The summed E-state index contributed by atoms with van der Waals surface area (Å²) in [4.78, 5) is 25.4. The average Bonchev–Trinajstić information content (AvgIpc) is 3.10. The molecule has 2 fully saturated rings. The zero-order chi connectivity index (χ0) is 15.3. The molecule has 6 heteroatoms. The topological polar surface area (TPSA) is 78.9 Å². The number of rotatable bonds is 2. The van der Waals surface area contributed by atoms with Gasteiger partial charge in [-0.05, 0) is 12.0 Å². The van der Waals surface area contributed by atoms with Crippen LogP contribution in [0.2, 0.25) is 0 Å². The van der Waals surface area contributed by atoms with Crippen molar-refractivity contribution in [1.82, 2.24) is 10.2 Å². The number of amides is 2. The number of benzene rings is 1. The molecule has 6 nitrogen and oxygen atoms in total. The Morgan fingerprint density at radius 2 is 2.18 bits per heavy atom. The summed E-state index contributed by atoms with van der Waals surface area (Å²) in [6, 6.07) is 5.53. The van der Waals surface area contributed by atoms with Crippen molar-refractivity contribution >= 4 is 11.8 Å². The van der Waals surface area contributed by atoms with E-state index in [1.807, 2.05) is 12.1 Å². The van der Waals surface area contributed by atoms with E-state index in [0.717, 1.165) is 18.4 Å². The molecular weight excluding hydrogens is 284 g/mol. The quantitative estimate of drug-likeness (QED) is 0.815. The first kappa shape index (κ1) is 13.6. The summed E-state index contributed by atoms with van der Waals surface area (Å²) in [5.74, 6) is 0.366. The number of para-hydroxylation sites is 1. The number of nitrogens with zero attached hydrogens (tertiary/aromatic N) is 1. The highest BCUT2D eigenvalue weighted by Crippen LogP contribution is 2.37. The van der Waals surface area contributed by atoms with Gasteiger partial charge in [0.25, 0.3) is 5.91 Å². The molecule has 2 saturated heterocycles. The molecular formula is C16H18N2O4. The molecule has 3 aliphatic rings. The number of ether oxygens (including phenoxy) is 1. The first-order valence-electron chi connectivity index (χ1n) is 7.60. The molecule has 1 aromatic rings. The van der Waals surface area contributed by atoms with Gasteiger partial charge in [-0.1, -0.05) is 18.2 Å². The Morgan fingerprint density at radius 3 is 2.91 bits per heavy atom. The van der Waals surface area contributed by atoms with Gasteiger partial charge in [-0.3, -0.25) is 9.59 Å². The second kappa shape index (κ2) is 4.71. The summed E-state index contributed by atoms with van der Waals surface area (Å²) in [7, 11) is 0. The Bertz CT molecular complexity index is 652. The third-order valence-electron chi connectivity index (χ3n) is 4.81. The van der Waals surface area contributed by atoms with E-state index in [4.69, 9.17) is 4.74 Å². The van der Waals surface area contributed by atoms with Crippen LogP contribution in [0.5, 0.6) is 5.75 Å². The van der Waals surface area contributed by atoms with Crippen molar-refractivity contribution < 1.29 is 19.4 Å². The molecule has 2 amide bonds. The molecule has 0 aliphatic carbocycles. The van der Waals surface area contributed by atoms with Crippen LogP contribution in [0, 0.1) is 0 Å². The predicted octanol–water partition coefficient (Wildman–Crippen LogP) is 0.146. The molecule has 3 aliphatic heterocycles. The average molecular weight is 302 g/mol. The molecule has 4 rings (SSSR count). The Labute approximate surface area is 128 Å². The van der Waals surface area contributed by atoms with E-state index in [2.05, 4.69) is 5.32 Å². The van der Waals surface area contributed by atoms with Crippen molar-refractivity contribution in [3.8, 4) is 5.75 Å². The molecule has 0 aromatic heterocycles. The number of likely N-dealkylation sites (tertiary alicyclic amines) is 1. The fourth-order valence-corrected chi connectivity index (χ4v) is 3.61. The van der Waals surface area contributed by atoms with Crippen LogP contribution in [0.25, 0.3) is 0 Å². The van der Waals surface area contributed by atoms with Crippen molar-refractivity contribution in [2.45, 2.75) is 30.9 Å². The van der Waals surface area contributed by atoms with Gasteiger partial charge in [0.05, 0.1) is 12.1 Å². The predicted molar refractivity (Wildman–Crippen MR) is 77.3 cm³/mol. The second-order valence-corrected chi connectivity index (χ2v) is 6.36. The van der Waals surface area contributed by atoms with Crippen molar-refractivity contribution in [1.29, 1.82) is 0 Å². The maximum absolute atomic E-state index is 12.5. The number of fused-ring (bicyclic) bond motifs is 1. The zero-order valence-corrected chi connectivity index (χ0v) is 12.2. The van der Waals surface area contributed by atoms with Crippen LogP contribution >= 0.6 is 0 Å². The molecule has 0 bridgehead atoms. The van der Waals surface area contributed by atoms with Gasteiger partial charge in [0.2, 0.25) is 5.91 Å². The lowest BCUT2D eigenvalue weighted by Gasteiger charge is -2.48. The van der Waals surface area contributed by atoms with Gasteiger partial charge in [-0.15, -0.1) is 0 Å². The highest BCUT2D eigenvalue weighted by molar-refractivity contribution is 5.86. The van der Waals surface area contributed by atoms with Crippen LogP contribution in [-0.2, 0) is 16.0 Å². The SMILES string of the molecule is O=C1CCC2(CN(C(=O)C(O)c3cccc4c3OCC4)C2)N1. The fourth-order valence-electron chi connectivity index (χ4n) is 3.61. The first-order chi connectivity index (χ1) is 10.6. The van der Waals surface area contributed by atoms with Crippen LogP contribution in [0.1, 0.15) is 30.1 Å². The summed E-state index contributed by atoms with van der Waals surface area (Å²) in [6.07, 6.45) is 0.880. The van der Waals surface area contributed by atoms with Crippen molar-refractivity contribution in [3.05, 3.63) is 29.3 Å². The van der Waals surface area contributed by atoms with E-state index in [1.165, 1.54) is 0 Å². The van der Waals surface area contributed by atoms with Crippen molar-refractivity contribution in [2.24, 2.45) is 0 Å². The largest absolute Gasteiger partial charge is 0.493 e. The summed E-state index contributed by atoms with van der Waals surface area (Å²) in [5, 5.41) is 13.3. The van der Waals surface area contributed by atoms with Crippen LogP contribution in [0.15, 0.2) is 18.2 Å². The molecule has 1 unspecified atom stereocenters. The van der Waals surface area contributed by atoms with E-state index in [-0.39, 0.29) is 17.4 Å². The molecule has 116 valence electrons. The maximum Gasteiger partial charge on any atom is 0.256 e. The van der Waals surface area contributed by atoms with Gasteiger partial charge in [-0.25, -0.2) is 0 Å². The number of aliphatic hydroxyl groups is 1. The molecule has 0 radical (unpaired) electrons. The lowest BCUT2D eigenvalue weighted by molar-refractivity contribution is -0.149. The second-order valence-electron chi connectivity index (χ2n) is 6.36. The van der Waals surface area contributed by atoms with Crippen molar-refractivity contribution in [3.63, 3.8) is 0 Å². The lowest BCUT2D eigenvalue weighted by Crippen LogP contribution is -2.69. The van der Waals surface area contributed by atoms with E-state index < -0.39 is 6.10 Å². The third kappa shape index (κ3) is 1.98. The van der Waals surface area contributed by atoms with E-state index in [1.54, 1.807) is 11.0 Å². The monoisotopic (exact) mass is 302 g/mol. The maximum atomic E-state index is 12.5.